The first-order valence-electron chi connectivity index (χ1n) is 10.9. The summed E-state index contributed by atoms with van der Waals surface area (Å²) in [6.45, 7) is 0. The van der Waals surface area contributed by atoms with E-state index in [2.05, 4.69) is 121 Å². The molecule has 5 aromatic rings. The molecule has 5 aromatic carbocycles. The van der Waals surface area contributed by atoms with Gasteiger partial charge in [0.15, 0.2) is 5.60 Å². The molecule has 32 heavy (non-hydrogen) atoms. The van der Waals surface area contributed by atoms with Gasteiger partial charge in [-0.1, -0.05) is 133 Å². The smallest absolute Gasteiger partial charge is 0.184 e. The van der Waals surface area contributed by atoms with Crippen LogP contribution < -0.4 is 4.74 Å². The summed E-state index contributed by atoms with van der Waals surface area (Å²) < 4.78 is 6.95. The van der Waals surface area contributed by atoms with Gasteiger partial charge in [-0.05, 0) is 23.3 Å². The number of ether oxygens (including phenoxy) is 1. The fraction of sp³-hybridized carbons (Fsp3) is 0.0323. The van der Waals surface area contributed by atoms with Crippen LogP contribution in [0.5, 0.6) is 5.75 Å². The first kappa shape index (κ1) is 19.8. The molecule has 154 valence electrons. The summed E-state index contributed by atoms with van der Waals surface area (Å²) in [5, 5.41) is 0. The van der Waals surface area contributed by atoms with Crippen molar-refractivity contribution in [2.45, 2.75) is 5.60 Å². The molecule has 5 rings (SSSR count). The highest BCUT2D eigenvalue weighted by atomic mass is 16.5. The summed E-state index contributed by atoms with van der Waals surface area (Å²) in [4.78, 5) is 0. The molecule has 0 aliphatic rings. The van der Waals surface area contributed by atoms with Crippen LogP contribution in [0.1, 0.15) is 16.7 Å². The average Bonchev–Trinajstić information content (AvgIpc) is 2.90. The molecule has 0 fully saturated rings. The van der Waals surface area contributed by atoms with Gasteiger partial charge in [0.2, 0.25) is 0 Å². The van der Waals surface area contributed by atoms with Crippen molar-refractivity contribution in [2.24, 2.45) is 0 Å². The quantitative estimate of drug-likeness (QED) is 0.259. The van der Waals surface area contributed by atoms with Crippen LogP contribution in [0.2, 0.25) is 0 Å². The molecule has 0 saturated heterocycles. The first-order valence-corrected chi connectivity index (χ1v) is 10.9. The van der Waals surface area contributed by atoms with Crippen molar-refractivity contribution in [1.29, 1.82) is 0 Å². The predicted molar refractivity (Wildman–Crippen MR) is 132 cm³/mol. The lowest BCUT2D eigenvalue weighted by atomic mass is 9.80. The van der Waals surface area contributed by atoms with Crippen molar-refractivity contribution >= 4 is 0 Å². The standard InChI is InChI=1S/C31H24O/c1-5-13-25(14-6-1)26-21-23-30(24-22-26)32-31(27-15-7-2-8-16-27,28-17-9-3-10-18-28)29-19-11-4-12-20-29/h1-24H. The minimum Gasteiger partial charge on any atom is -0.473 e. The topological polar surface area (TPSA) is 9.23 Å². The Balaban J connectivity index is 1.65. The second kappa shape index (κ2) is 8.95. The SMILES string of the molecule is c1ccc(-c2ccc(OC(c3ccccc3)(c3ccccc3)c3ccccc3)cc2)cc1. The maximum Gasteiger partial charge on any atom is 0.184 e. The van der Waals surface area contributed by atoms with E-state index in [0.717, 1.165) is 22.4 Å². The number of benzene rings is 5. The van der Waals surface area contributed by atoms with Crippen LogP contribution in [0.15, 0.2) is 146 Å². The molecule has 0 aliphatic carbocycles. The molecule has 1 nitrogen and oxygen atoms in total. The molecule has 0 bridgehead atoms. The third-order valence-corrected chi connectivity index (χ3v) is 5.77. The maximum absolute atomic E-state index is 6.95. The molecular weight excluding hydrogens is 388 g/mol. The Labute approximate surface area is 189 Å². The van der Waals surface area contributed by atoms with Crippen LogP contribution in [0.25, 0.3) is 11.1 Å². The molecular formula is C31H24O. The second-order valence-corrected chi connectivity index (χ2v) is 7.77. The van der Waals surface area contributed by atoms with Gasteiger partial charge in [-0.2, -0.15) is 0 Å². The van der Waals surface area contributed by atoms with E-state index < -0.39 is 5.60 Å². The molecule has 0 radical (unpaired) electrons. The molecule has 0 saturated carbocycles. The first-order chi connectivity index (χ1) is 15.9. The third-order valence-electron chi connectivity index (χ3n) is 5.77. The monoisotopic (exact) mass is 412 g/mol. The molecule has 1 heteroatoms. The number of rotatable bonds is 6. The zero-order valence-electron chi connectivity index (χ0n) is 17.8. The minimum atomic E-state index is -0.766. The summed E-state index contributed by atoms with van der Waals surface area (Å²) in [5.41, 5.74) is 4.86. The van der Waals surface area contributed by atoms with Gasteiger partial charge < -0.3 is 4.74 Å². The van der Waals surface area contributed by atoms with E-state index in [1.54, 1.807) is 0 Å². The molecule has 0 aromatic heterocycles. The summed E-state index contributed by atoms with van der Waals surface area (Å²) >= 11 is 0. The van der Waals surface area contributed by atoms with Crippen molar-refractivity contribution in [3.05, 3.63) is 162 Å². The lowest BCUT2D eigenvalue weighted by molar-refractivity contribution is 0.155. The van der Waals surface area contributed by atoms with Crippen LogP contribution in [-0.4, -0.2) is 0 Å². The second-order valence-electron chi connectivity index (χ2n) is 7.77. The molecule has 0 atom stereocenters. The van der Waals surface area contributed by atoms with E-state index in [-0.39, 0.29) is 0 Å². The van der Waals surface area contributed by atoms with Crippen LogP contribution in [-0.2, 0) is 5.60 Å². The van der Waals surface area contributed by atoms with E-state index in [0.29, 0.717) is 0 Å². The summed E-state index contributed by atoms with van der Waals surface area (Å²) in [5.74, 6) is 0.821. The Kier molecular flexibility index (Phi) is 5.55. The van der Waals surface area contributed by atoms with E-state index in [1.807, 2.05) is 24.3 Å². The van der Waals surface area contributed by atoms with Crippen molar-refractivity contribution in [3.63, 3.8) is 0 Å². The van der Waals surface area contributed by atoms with Gasteiger partial charge in [0.05, 0.1) is 0 Å². The van der Waals surface area contributed by atoms with E-state index in [4.69, 9.17) is 4.74 Å². The molecule has 0 heterocycles. The Morgan fingerprint density at radius 1 is 0.344 bits per heavy atom. The molecule has 0 N–H and O–H groups in total. The van der Waals surface area contributed by atoms with E-state index in [9.17, 15) is 0 Å². The highest BCUT2D eigenvalue weighted by Gasteiger charge is 2.38. The van der Waals surface area contributed by atoms with Crippen LogP contribution in [0.3, 0.4) is 0 Å². The Hall–Kier alpha value is -4.10. The molecule has 0 amide bonds. The lowest BCUT2D eigenvalue weighted by Gasteiger charge is -2.36. The van der Waals surface area contributed by atoms with Crippen molar-refractivity contribution < 1.29 is 4.74 Å². The minimum absolute atomic E-state index is 0.766. The van der Waals surface area contributed by atoms with Crippen molar-refractivity contribution in [1.82, 2.24) is 0 Å². The zero-order chi connectivity index (χ0) is 21.6. The highest BCUT2D eigenvalue weighted by molar-refractivity contribution is 5.64. The predicted octanol–water partition coefficient (Wildman–Crippen LogP) is 7.72. The van der Waals surface area contributed by atoms with Gasteiger partial charge in [-0.15, -0.1) is 0 Å². The van der Waals surface area contributed by atoms with Crippen molar-refractivity contribution in [2.75, 3.05) is 0 Å². The van der Waals surface area contributed by atoms with Gasteiger partial charge >= 0.3 is 0 Å². The third kappa shape index (κ3) is 3.81. The Morgan fingerprint density at radius 2 is 0.688 bits per heavy atom. The van der Waals surface area contributed by atoms with Crippen LogP contribution >= 0.6 is 0 Å². The van der Waals surface area contributed by atoms with E-state index in [1.165, 1.54) is 11.1 Å². The van der Waals surface area contributed by atoms with Gasteiger partial charge in [-0.25, -0.2) is 0 Å². The fourth-order valence-corrected chi connectivity index (χ4v) is 4.22. The largest absolute Gasteiger partial charge is 0.473 e. The normalized spacial score (nSPS) is 11.1. The van der Waals surface area contributed by atoms with Gasteiger partial charge in [0, 0.05) is 16.7 Å². The van der Waals surface area contributed by atoms with Gasteiger partial charge in [0.25, 0.3) is 0 Å². The molecule has 0 unspecified atom stereocenters. The average molecular weight is 413 g/mol. The number of hydrogen-bond donors (Lipinski definition) is 0. The van der Waals surface area contributed by atoms with Crippen molar-refractivity contribution in [3.8, 4) is 16.9 Å². The summed E-state index contributed by atoms with van der Waals surface area (Å²) in [7, 11) is 0. The fourth-order valence-electron chi connectivity index (χ4n) is 4.22. The summed E-state index contributed by atoms with van der Waals surface area (Å²) in [6.07, 6.45) is 0. The Bertz CT molecular complexity index is 1150. The highest BCUT2D eigenvalue weighted by Crippen LogP contribution is 2.41. The maximum atomic E-state index is 6.95. The lowest BCUT2D eigenvalue weighted by Crippen LogP contribution is -2.36. The van der Waals surface area contributed by atoms with Crippen LogP contribution in [0, 0.1) is 0 Å². The van der Waals surface area contributed by atoms with Gasteiger partial charge in [0.1, 0.15) is 5.75 Å². The zero-order valence-corrected chi connectivity index (χ0v) is 17.8. The Morgan fingerprint density at radius 3 is 1.09 bits per heavy atom. The van der Waals surface area contributed by atoms with E-state index >= 15 is 0 Å². The van der Waals surface area contributed by atoms with Gasteiger partial charge in [-0.3, -0.25) is 0 Å². The molecule has 0 aliphatic heterocycles. The number of hydrogen-bond acceptors (Lipinski definition) is 1. The summed E-state index contributed by atoms with van der Waals surface area (Å²) in [6, 6.07) is 50.1. The van der Waals surface area contributed by atoms with Crippen LogP contribution in [0.4, 0.5) is 0 Å². The molecule has 0 spiro atoms.